The summed E-state index contributed by atoms with van der Waals surface area (Å²) in [6.07, 6.45) is 5.20. The molecule has 0 aliphatic carbocycles. The van der Waals surface area contributed by atoms with Crippen molar-refractivity contribution < 1.29 is 0 Å². The van der Waals surface area contributed by atoms with E-state index in [0.29, 0.717) is 6.04 Å². The van der Waals surface area contributed by atoms with Gasteiger partial charge < -0.3 is 20.0 Å². The molecule has 2 aliphatic rings. The highest BCUT2D eigenvalue weighted by atomic mass is 32.1. The van der Waals surface area contributed by atoms with Crippen LogP contribution in [0.1, 0.15) is 25.7 Å². The zero-order valence-electron chi connectivity index (χ0n) is 12.4. The molecule has 0 saturated carbocycles. The molecular formula is C14H28N4S. The Balaban J connectivity index is 1.78. The van der Waals surface area contributed by atoms with Crippen LogP contribution in [0.5, 0.6) is 0 Å². The average Bonchev–Trinajstić information content (AvgIpc) is 2.46. The predicted molar refractivity (Wildman–Crippen MR) is 84.6 cm³/mol. The van der Waals surface area contributed by atoms with Crippen LogP contribution in [0, 0.1) is 0 Å². The van der Waals surface area contributed by atoms with Gasteiger partial charge in [0.25, 0.3) is 0 Å². The monoisotopic (exact) mass is 284 g/mol. The van der Waals surface area contributed by atoms with E-state index in [9.17, 15) is 0 Å². The Hall–Kier alpha value is -0.390. The number of likely N-dealkylation sites (N-methyl/N-ethyl adjacent to an activating group) is 1. The van der Waals surface area contributed by atoms with Crippen LogP contribution < -0.4 is 5.32 Å². The van der Waals surface area contributed by atoms with Crippen molar-refractivity contribution in [1.82, 2.24) is 20.0 Å². The fraction of sp³-hybridized carbons (Fsp3) is 0.929. The summed E-state index contributed by atoms with van der Waals surface area (Å²) in [4.78, 5) is 7.43. The minimum absolute atomic E-state index is 0.647. The van der Waals surface area contributed by atoms with Crippen LogP contribution in [0.4, 0.5) is 0 Å². The van der Waals surface area contributed by atoms with Gasteiger partial charge in [0, 0.05) is 52.4 Å². The maximum absolute atomic E-state index is 5.43. The molecule has 2 saturated heterocycles. The van der Waals surface area contributed by atoms with Gasteiger partial charge in [-0.05, 0) is 44.9 Å². The first-order chi connectivity index (χ1) is 9.20. The molecule has 0 spiro atoms. The maximum atomic E-state index is 5.43. The second kappa shape index (κ2) is 7.41. The summed E-state index contributed by atoms with van der Waals surface area (Å²) in [5, 5.41) is 4.08. The minimum Gasteiger partial charge on any atom is -0.366 e. The van der Waals surface area contributed by atoms with Gasteiger partial charge in [-0.1, -0.05) is 0 Å². The lowest BCUT2D eigenvalue weighted by Crippen LogP contribution is -2.50. The first-order valence-electron chi connectivity index (χ1n) is 7.60. The Morgan fingerprint density at radius 1 is 1.16 bits per heavy atom. The number of hydrogen-bond acceptors (Lipinski definition) is 3. The zero-order chi connectivity index (χ0) is 13.7. The van der Waals surface area contributed by atoms with Gasteiger partial charge in [-0.2, -0.15) is 0 Å². The fourth-order valence-corrected chi connectivity index (χ4v) is 3.36. The van der Waals surface area contributed by atoms with Crippen molar-refractivity contribution in [3.8, 4) is 0 Å². The molecule has 0 bridgehead atoms. The standard InChI is InChI=1S/C14H28N4S/c1-15-14(19)18-7-4-3-5-13(18)6-8-17-11-9-16(2)10-12-17/h13H,3-12H2,1-2H3,(H,15,19)/t13-/m1/s1. The van der Waals surface area contributed by atoms with Crippen molar-refractivity contribution in [2.75, 3.05) is 53.4 Å². The zero-order valence-corrected chi connectivity index (χ0v) is 13.2. The van der Waals surface area contributed by atoms with Crippen molar-refractivity contribution >= 4 is 17.3 Å². The van der Waals surface area contributed by atoms with E-state index in [1.165, 1.54) is 58.4 Å². The van der Waals surface area contributed by atoms with Gasteiger partial charge in [0.2, 0.25) is 0 Å². The third-order valence-corrected chi connectivity index (χ3v) is 4.91. The number of piperidine rings is 1. The second-order valence-electron chi connectivity index (χ2n) is 5.83. The number of likely N-dealkylation sites (tertiary alicyclic amines) is 1. The van der Waals surface area contributed by atoms with Gasteiger partial charge >= 0.3 is 0 Å². The second-order valence-corrected chi connectivity index (χ2v) is 6.22. The Kier molecular flexibility index (Phi) is 5.85. The third-order valence-electron chi connectivity index (χ3n) is 4.48. The fourth-order valence-electron chi connectivity index (χ4n) is 3.11. The molecule has 0 aromatic heterocycles. The summed E-state index contributed by atoms with van der Waals surface area (Å²) < 4.78 is 0. The van der Waals surface area contributed by atoms with E-state index in [0.717, 1.165) is 11.7 Å². The molecule has 4 nitrogen and oxygen atoms in total. The Labute approximate surface area is 123 Å². The number of hydrogen-bond donors (Lipinski definition) is 1. The molecule has 2 fully saturated rings. The van der Waals surface area contributed by atoms with E-state index in [4.69, 9.17) is 12.2 Å². The van der Waals surface area contributed by atoms with Gasteiger partial charge in [-0.3, -0.25) is 0 Å². The summed E-state index contributed by atoms with van der Waals surface area (Å²) >= 11 is 5.43. The molecule has 0 aromatic rings. The van der Waals surface area contributed by atoms with Crippen molar-refractivity contribution in [3.05, 3.63) is 0 Å². The van der Waals surface area contributed by atoms with Crippen molar-refractivity contribution in [1.29, 1.82) is 0 Å². The van der Waals surface area contributed by atoms with Crippen LogP contribution in [-0.4, -0.2) is 79.2 Å². The van der Waals surface area contributed by atoms with E-state index in [1.807, 2.05) is 7.05 Å². The Bertz CT molecular complexity index is 289. The molecule has 0 amide bonds. The van der Waals surface area contributed by atoms with Crippen molar-refractivity contribution in [3.63, 3.8) is 0 Å². The lowest BCUT2D eigenvalue weighted by atomic mass is 9.99. The molecule has 2 rings (SSSR count). The topological polar surface area (TPSA) is 21.8 Å². The van der Waals surface area contributed by atoms with Crippen LogP contribution in [0.15, 0.2) is 0 Å². The summed E-state index contributed by atoms with van der Waals surface area (Å²) in [6, 6.07) is 0.647. The first kappa shape index (κ1) is 15.0. The minimum atomic E-state index is 0.647. The predicted octanol–water partition coefficient (Wildman–Crippen LogP) is 0.983. The molecule has 1 atom stereocenters. The molecular weight excluding hydrogens is 256 g/mol. The maximum Gasteiger partial charge on any atom is 0.168 e. The summed E-state index contributed by atoms with van der Waals surface area (Å²) in [6.45, 7) is 7.22. The van der Waals surface area contributed by atoms with E-state index >= 15 is 0 Å². The van der Waals surface area contributed by atoms with Crippen LogP contribution in [0.3, 0.4) is 0 Å². The van der Waals surface area contributed by atoms with Gasteiger partial charge in [-0.25, -0.2) is 0 Å². The highest BCUT2D eigenvalue weighted by Gasteiger charge is 2.24. The molecule has 110 valence electrons. The molecule has 0 aromatic carbocycles. The smallest absolute Gasteiger partial charge is 0.168 e. The SMILES string of the molecule is CNC(=S)N1CCCC[C@@H]1CCN1CCN(C)CC1. The molecule has 2 aliphatic heterocycles. The number of piperazine rings is 1. The molecule has 5 heteroatoms. The quantitative estimate of drug-likeness (QED) is 0.778. The van der Waals surface area contributed by atoms with E-state index in [1.54, 1.807) is 0 Å². The number of thiocarbonyl (C=S) groups is 1. The number of nitrogens with one attached hydrogen (secondary N) is 1. The summed E-state index contributed by atoms with van der Waals surface area (Å²) in [5.74, 6) is 0. The molecule has 0 unspecified atom stereocenters. The lowest BCUT2D eigenvalue weighted by Gasteiger charge is -2.39. The van der Waals surface area contributed by atoms with Crippen LogP contribution in [-0.2, 0) is 0 Å². The van der Waals surface area contributed by atoms with Gasteiger partial charge in [0.15, 0.2) is 5.11 Å². The Morgan fingerprint density at radius 2 is 1.89 bits per heavy atom. The van der Waals surface area contributed by atoms with Crippen LogP contribution in [0.25, 0.3) is 0 Å². The third kappa shape index (κ3) is 4.29. The van der Waals surface area contributed by atoms with Gasteiger partial charge in [-0.15, -0.1) is 0 Å². The summed E-state index contributed by atoms with van der Waals surface area (Å²) in [5.41, 5.74) is 0. The van der Waals surface area contributed by atoms with Crippen molar-refractivity contribution in [2.45, 2.75) is 31.7 Å². The van der Waals surface area contributed by atoms with Crippen LogP contribution in [0.2, 0.25) is 0 Å². The number of nitrogens with zero attached hydrogens (tertiary/aromatic N) is 3. The highest BCUT2D eigenvalue weighted by Crippen LogP contribution is 2.20. The molecule has 0 radical (unpaired) electrons. The van der Waals surface area contributed by atoms with Gasteiger partial charge in [0.1, 0.15) is 0 Å². The van der Waals surface area contributed by atoms with E-state index in [2.05, 4.69) is 27.1 Å². The van der Waals surface area contributed by atoms with Crippen molar-refractivity contribution in [2.24, 2.45) is 0 Å². The normalized spacial score (nSPS) is 26.4. The van der Waals surface area contributed by atoms with E-state index in [-0.39, 0.29) is 0 Å². The Morgan fingerprint density at radius 3 is 2.58 bits per heavy atom. The highest BCUT2D eigenvalue weighted by molar-refractivity contribution is 7.80. The number of rotatable bonds is 3. The summed E-state index contributed by atoms with van der Waals surface area (Å²) in [7, 11) is 4.15. The molecule has 2 heterocycles. The lowest BCUT2D eigenvalue weighted by molar-refractivity contribution is 0.134. The average molecular weight is 284 g/mol. The van der Waals surface area contributed by atoms with Gasteiger partial charge in [0.05, 0.1) is 0 Å². The first-order valence-corrected chi connectivity index (χ1v) is 8.01. The van der Waals surface area contributed by atoms with Crippen LogP contribution >= 0.6 is 12.2 Å². The van der Waals surface area contributed by atoms with E-state index < -0.39 is 0 Å². The largest absolute Gasteiger partial charge is 0.366 e. The molecule has 1 N–H and O–H groups in total. The molecule has 19 heavy (non-hydrogen) atoms.